The van der Waals surface area contributed by atoms with Gasteiger partial charge < -0.3 is 23.9 Å². The molecule has 1 spiro atoms. The van der Waals surface area contributed by atoms with Crippen molar-refractivity contribution in [3.05, 3.63) is 54.0 Å². The molecule has 5 nitrogen and oxygen atoms in total. The highest BCUT2D eigenvalue weighted by atomic mass is 16.5. The summed E-state index contributed by atoms with van der Waals surface area (Å²) in [5.41, 5.74) is 2.82. The molecule has 25 heavy (non-hydrogen) atoms. The van der Waals surface area contributed by atoms with E-state index in [0.717, 1.165) is 38.4 Å². The first-order chi connectivity index (χ1) is 12.3. The second-order valence-electron chi connectivity index (χ2n) is 7.04. The molecule has 4 rings (SSSR count). The van der Waals surface area contributed by atoms with Crippen molar-refractivity contribution in [2.24, 2.45) is 0 Å². The smallest absolute Gasteiger partial charge is 0.129 e. The van der Waals surface area contributed by atoms with E-state index in [2.05, 4.69) is 29.2 Å². The fraction of sp³-hybridized carbons (Fsp3) is 0.500. The van der Waals surface area contributed by atoms with Gasteiger partial charge in [-0.1, -0.05) is 18.2 Å². The SMILES string of the molecule is OC(COCc1ccco1)CN1CC2(CCOCC2)c2ccccc21. The van der Waals surface area contributed by atoms with Gasteiger partial charge in [0.05, 0.1) is 19.0 Å². The number of benzene rings is 1. The molecule has 2 aliphatic rings. The van der Waals surface area contributed by atoms with Crippen LogP contribution in [-0.2, 0) is 21.5 Å². The van der Waals surface area contributed by atoms with Crippen molar-refractivity contribution in [1.82, 2.24) is 0 Å². The fourth-order valence-electron chi connectivity index (χ4n) is 4.08. The highest BCUT2D eigenvalue weighted by Crippen LogP contribution is 2.46. The minimum atomic E-state index is -0.530. The minimum Gasteiger partial charge on any atom is -0.467 e. The van der Waals surface area contributed by atoms with Gasteiger partial charge in [0.25, 0.3) is 0 Å². The van der Waals surface area contributed by atoms with Crippen molar-refractivity contribution in [3.63, 3.8) is 0 Å². The largest absolute Gasteiger partial charge is 0.467 e. The molecule has 0 bridgehead atoms. The molecule has 3 heterocycles. The highest BCUT2D eigenvalue weighted by Gasteiger charge is 2.43. The van der Waals surface area contributed by atoms with E-state index in [-0.39, 0.29) is 5.41 Å². The quantitative estimate of drug-likeness (QED) is 0.874. The number of hydrogen-bond donors (Lipinski definition) is 1. The summed E-state index contributed by atoms with van der Waals surface area (Å²) in [4.78, 5) is 2.31. The van der Waals surface area contributed by atoms with Crippen molar-refractivity contribution < 1.29 is 19.0 Å². The number of aliphatic hydroxyl groups excluding tert-OH is 1. The fourth-order valence-corrected chi connectivity index (χ4v) is 4.08. The van der Waals surface area contributed by atoms with Gasteiger partial charge in [0.2, 0.25) is 0 Å². The van der Waals surface area contributed by atoms with Crippen LogP contribution in [0.5, 0.6) is 0 Å². The number of fused-ring (bicyclic) bond motifs is 2. The number of para-hydroxylation sites is 1. The molecule has 1 unspecified atom stereocenters. The van der Waals surface area contributed by atoms with E-state index in [9.17, 15) is 5.11 Å². The van der Waals surface area contributed by atoms with Crippen LogP contribution >= 0.6 is 0 Å². The second-order valence-corrected chi connectivity index (χ2v) is 7.04. The van der Waals surface area contributed by atoms with E-state index in [1.165, 1.54) is 11.3 Å². The Balaban J connectivity index is 1.39. The molecule has 5 heteroatoms. The maximum absolute atomic E-state index is 10.4. The van der Waals surface area contributed by atoms with Crippen LogP contribution in [0.15, 0.2) is 47.1 Å². The Morgan fingerprint density at radius 1 is 1.16 bits per heavy atom. The number of hydrogen-bond acceptors (Lipinski definition) is 5. The summed E-state index contributed by atoms with van der Waals surface area (Å²) in [6.45, 7) is 3.86. The molecule has 1 atom stereocenters. The Kier molecular flexibility index (Phi) is 4.79. The third-order valence-electron chi connectivity index (χ3n) is 5.33. The molecular formula is C20H25NO4. The van der Waals surface area contributed by atoms with E-state index in [1.54, 1.807) is 6.26 Å². The first kappa shape index (κ1) is 16.6. The van der Waals surface area contributed by atoms with E-state index < -0.39 is 6.10 Å². The summed E-state index contributed by atoms with van der Waals surface area (Å²) in [7, 11) is 0. The monoisotopic (exact) mass is 343 g/mol. The predicted molar refractivity (Wildman–Crippen MR) is 94.8 cm³/mol. The Bertz CT molecular complexity index is 679. The van der Waals surface area contributed by atoms with Gasteiger partial charge in [0.15, 0.2) is 0 Å². The number of aliphatic hydroxyl groups is 1. The number of β-amino-alcohol motifs (C(OH)–C–C–N with tert-alkyl or cyclic N) is 1. The molecule has 1 aromatic carbocycles. The zero-order chi connectivity index (χ0) is 17.1. The second kappa shape index (κ2) is 7.20. The zero-order valence-electron chi connectivity index (χ0n) is 14.4. The number of ether oxygens (including phenoxy) is 2. The maximum Gasteiger partial charge on any atom is 0.129 e. The zero-order valence-corrected chi connectivity index (χ0v) is 14.4. The van der Waals surface area contributed by atoms with Crippen LogP contribution < -0.4 is 4.90 Å². The average Bonchev–Trinajstić information content (AvgIpc) is 3.24. The number of rotatable bonds is 6. The lowest BCUT2D eigenvalue weighted by Crippen LogP contribution is -2.41. The van der Waals surface area contributed by atoms with Crippen molar-refractivity contribution in [2.45, 2.75) is 31.0 Å². The lowest BCUT2D eigenvalue weighted by molar-refractivity contribution is 0.0243. The van der Waals surface area contributed by atoms with Crippen LogP contribution in [0.4, 0.5) is 5.69 Å². The normalized spacial score (nSPS) is 20.0. The topological polar surface area (TPSA) is 55.1 Å². The Labute approximate surface area is 148 Å². The summed E-state index contributed by atoms with van der Waals surface area (Å²) in [5, 5.41) is 10.4. The Hall–Kier alpha value is -1.82. The van der Waals surface area contributed by atoms with Gasteiger partial charge >= 0.3 is 0 Å². The standard InChI is InChI=1S/C20H25NO4/c22-16(13-24-14-17-4-3-9-25-17)12-21-15-20(7-10-23-11-8-20)18-5-1-2-6-19(18)21/h1-6,9,16,22H,7-8,10-15H2. The highest BCUT2D eigenvalue weighted by molar-refractivity contribution is 5.63. The molecule has 1 aromatic heterocycles. The van der Waals surface area contributed by atoms with Gasteiger partial charge in [-0.15, -0.1) is 0 Å². The first-order valence-corrected chi connectivity index (χ1v) is 8.97. The third-order valence-corrected chi connectivity index (χ3v) is 5.33. The van der Waals surface area contributed by atoms with Gasteiger partial charge in [0, 0.05) is 37.4 Å². The molecule has 0 radical (unpaired) electrons. The van der Waals surface area contributed by atoms with Crippen LogP contribution in [0.25, 0.3) is 0 Å². The summed E-state index contributed by atoms with van der Waals surface area (Å²) < 4.78 is 16.4. The molecule has 1 saturated heterocycles. The van der Waals surface area contributed by atoms with Crippen molar-refractivity contribution in [3.8, 4) is 0 Å². The number of anilines is 1. The van der Waals surface area contributed by atoms with Gasteiger partial charge in [-0.05, 0) is 36.6 Å². The third kappa shape index (κ3) is 3.45. The van der Waals surface area contributed by atoms with E-state index in [0.29, 0.717) is 19.8 Å². The van der Waals surface area contributed by atoms with Gasteiger partial charge in [0.1, 0.15) is 12.4 Å². The van der Waals surface area contributed by atoms with Crippen molar-refractivity contribution in [1.29, 1.82) is 0 Å². The predicted octanol–water partition coefficient (Wildman–Crippen LogP) is 2.73. The number of furan rings is 1. The first-order valence-electron chi connectivity index (χ1n) is 8.97. The van der Waals surface area contributed by atoms with Crippen LogP contribution in [0.1, 0.15) is 24.2 Å². The maximum atomic E-state index is 10.4. The Morgan fingerprint density at radius 2 is 2.00 bits per heavy atom. The molecule has 0 aliphatic carbocycles. The summed E-state index contributed by atoms with van der Waals surface area (Å²) >= 11 is 0. The average molecular weight is 343 g/mol. The van der Waals surface area contributed by atoms with Crippen molar-refractivity contribution in [2.75, 3.05) is 37.8 Å². The lowest BCUT2D eigenvalue weighted by Gasteiger charge is -2.34. The van der Waals surface area contributed by atoms with Gasteiger partial charge in [-0.3, -0.25) is 0 Å². The molecular weight excluding hydrogens is 318 g/mol. The van der Waals surface area contributed by atoms with E-state index >= 15 is 0 Å². The Morgan fingerprint density at radius 3 is 2.80 bits per heavy atom. The van der Waals surface area contributed by atoms with Crippen LogP contribution in [0, 0.1) is 0 Å². The molecule has 1 N–H and O–H groups in total. The van der Waals surface area contributed by atoms with E-state index in [1.807, 2.05) is 12.1 Å². The molecule has 2 aromatic rings. The molecule has 0 saturated carbocycles. The molecule has 0 amide bonds. The molecule has 2 aliphatic heterocycles. The van der Waals surface area contributed by atoms with Crippen LogP contribution in [0.3, 0.4) is 0 Å². The van der Waals surface area contributed by atoms with Crippen LogP contribution in [0.2, 0.25) is 0 Å². The lowest BCUT2D eigenvalue weighted by atomic mass is 9.76. The minimum absolute atomic E-state index is 0.170. The summed E-state index contributed by atoms with van der Waals surface area (Å²) in [5.74, 6) is 0.778. The van der Waals surface area contributed by atoms with Crippen molar-refractivity contribution >= 4 is 5.69 Å². The molecule has 1 fully saturated rings. The summed E-state index contributed by atoms with van der Waals surface area (Å²) in [6, 6.07) is 12.3. The summed E-state index contributed by atoms with van der Waals surface area (Å²) in [6.07, 6.45) is 3.19. The van der Waals surface area contributed by atoms with E-state index in [4.69, 9.17) is 13.9 Å². The van der Waals surface area contributed by atoms with Crippen LogP contribution in [-0.4, -0.2) is 44.1 Å². The van der Waals surface area contributed by atoms with Gasteiger partial charge in [-0.2, -0.15) is 0 Å². The van der Waals surface area contributed by atoms with Gasteiger partial charge in [-0.25, -0.2) is 0 Å². The number of nitrogens with zero attached hydrogens (tertiary/aromatic N) is 1. The molecule has 134 valence electrons.